The van der Waals surface area contributed by atoms with Crippen LogP contribution in [0.1, 0.15) is 41.5 Å². The fourth-order valence-corrected chi connectivity index (χ4v) is 3.44. The van der Waals surface area contributed by atoms with Crippen molar-refractivity contribution in [3.8, 4) is 0 Å². The molecule has 2 aromatic rings. The lowest BCUT2D eigenvalue weighted by Crippen LogP contribution is -2.30. The number of hydrogen-bond acceptors (Lipinski definition) is 5. The summed E-state index contributed by atoms with van der Waals surface area (Å²) in [7, 11) is 1.36. The fraction of sp³-hybridized carbons (Fsp3) is 0.526. The molecule has 7 nitrogen and oxygen atoms in total. The molecule has 0 aliphatic carbocycles. The summed E-state index contributed by atoms with van der Waals surface area (Å²) in [6, 6.07) is 7.07. The lowest BCUT2D eigenvalue weighted by atomic mass is 9.94. The van der Waals surface area contributed by atoms with E-state index in [1.165, 1.54) is 11.8 Å². The number of hydrogen-bond donors (Lipinski definition) is 1. The molecule has 0 atom stereocenters. The minimum Gasteiger partial charge on any atom is -0.465 e. The lowest BCUT2D eigenvalue weighted by molar-refractivity contribution is 0.0600. The number of rotatable bonds is 6. The molecular formula is C19H28Cl2N4O3. The van der Waals surface area contributed by atoms with Gasteiger partial charge >= 0.3 is 11.7 Å². The summed E-state index contributed by atoms with van der Waals surface area (Å²) in [5, 5.41) is 7.97. The van der Waals surface area contributed by atoms with E-state index < -0.39 is 0 Å². The third kappa shape index (κ3) is 5.59. The zero-order chi connectivity index (χ0) is 18.5. The Labute approximate surface area is 177 Å². The van der Waals surface area contributed by atoms with E-state index in [0.717, 1.165) is 43.7 Å². The number of nitrogens with zero attached hydrogens (tertiary/aromatic N) is 3. The van der Waals surface area contributed by atoms with Crippen LogP contribution in [0, 0.1) is 5.92 Å². The molecule has 1 saturated heterocycles. The van der Waals surface area contributed by atoms with Crippen molar-refractivity contribution in [2.75, 3.05) is 20.2 Å². The molecule has 1 aliphatic rings. The van der Waals surface area contributed by atoms with Crippen LogP contribution >= 0.6 is 24.8 Å². The average molecular weight is 431 g/mol. The van der Waals surface area contributed by atoms with Gasteiger partial charge < -0.3 is 10.1 Å². The van der Waals surface area contributed by atoms with Gasteiger partial charge in [0.05, 0.1) is 19.2 Å². The van der Waals surface area contributed by atoms with Gasteiger partial charge in [0.15, 0.2) is 0 Å². The van der Waals surface area contributed by atoms with Crippen LogP contribution in [0.3, 0.4) is 0 Å². The van der Waals surface area contributed by atoms with Gasteiger partial charge in [0, 0.05) is 13.0 Å². The molecule has 3 rings (SSSR count). The van der Waals surface area contributed by atoms with E-state index in [4.69, 9.17) is 4.74 Å². The number of piperidine rings is 1. The van der Waals surface area contributed by atoms with Crippen LogP contribution in [0.4, 0.5) is 0 Å². The monoisotopic (exact) mass is 430 g/mol. The van der Waals surface area contributed by atoms with E-state index in [1.54, 1.807) is 16.7 Å². The smallest absolute Gasteiger partial charge is 0.346 e. The van der Waals surface area contributed by atoms with Crippen LogP contribution in [0.2, 0.25) is 0 Å². The highest BCUT2D eigenvalue weighted by Gasteiger charge is 2.19. The number of aromatic nitrogens is 3. The van der Waals surface area contributed by atoms with Crippen LogP contribution in [-0.4, -0.2) is 40.5 Å². The molecule has 1 fully saturated rings. The number of carbonyl (C=O) groups excluding carboxylic acids is 1. The first-order valence-electron chi connectivity index (χ1n) is 9.16. The Balaban J connectivity index is 0.00000196. The van der Waals surface area contributed by atoms with E-state index in [9.17, 15) is 9.59 Å². The zero-order valence-electron chi connectivity index (χ0n) is 16.2. The van der Waals surface area contributed by atoms with Crippen molar-refractivity contribution in [3.05, 3.63) is 51.7 Å². The standard InChI is InChI=1S/C19H26N4O3.2ClH/c1-3-22-17(12-14-8-10-20-11-9-14)21-23(19(22)25)13-15-4-6-16(7-5-15)18(24)26-2;;/h4-7,14,20H,3,8-13H2,1-2H3;2*1H. The van der Waals surface area contributed by atoms with E-state index >= 15 is 0 Å². The van der Waals surface area contributed by atoms with Gasteiger partial charge in [0.25, 0.3) is 0 Å². The fourth-order valence-electron chi connectivity index (χ4n) is 3.44. The zero-order valence-corrected chi connectivity index (χ0v) is 17.9. The number of halogens is 2. The number of nitrogens with one attached hydrogen (secondary N) is 1. The van der Waals surface area contributed by atoms with E-state index in [-0.39, 0.29) is 36.5 Å². The molecule has 2 heterocycles. The molecule has 1 aliphatic heterocycles. The second kappa shape index (κ2) is 11.2. The van der Waals surface area contributed by atoms with Crippen LogP contribution in [0.25, 0.3) is 0 Å². The Morgan fingerprint density at radius 3 is 2.43 bits per heavy atom. The van der Waals surface area contributed by atoms with E-state index in [0.29, 0.717) is 24.6 Å². The number of esters is 1. The highest BCUT2D eigenvalue weighted by atomic mass is 35.5. The Hall–Kier alpha value is -1.83. The molecule has 1 aromatic heterocycles. The van der Waals surface area contributed by atoms with Gasteiger partial charge in [-0.25, -0.2) is 14.3 Å². The number of methoxy groups -OCH3 is 1. The topological polar surface area (TPSA) is 78.2 Å². The minimum absolute atomic E-state index is 0. The van der Waals surface area contributed by atoms with E-state index in [1.807, 2.05) is 19.1 Å². The summed E-state index contributed by atoms with van der Waals surface area (Å²) < 4.78 is 7.99. The summed E-state index contributed by atoms with van der Waals surface area (Å²) >= 11 is 0. The SMILES string of the molecule is CCn1c(CC2CCNCC2)nn(Cc2ccc(C(=O)OC)cc2)c1=O.Cl.Cl. The highest BCUT2D eigenvalue weighted by Crippen LogP contribution is 2.16. The maximum Gasteiger partial charge on any atom is 0.346 e. The third-order valence-electron chi connectivity index (χ3n) is 4.95. The first-order chi connectivity index (χ1) is 12.6. The molecule has 0 unspecified atom stereocenters. The largest absolute Gasteiger partial charge is 0.465 e. The van der Waals surface area contributed by atoms with Gasteiger partial charge in [-0.3, -0.25) is 4.57 Å². The first kappa shape index (κ1) is 24.2. The summed E-state index contributed by atoms with van der Waals surface area (Å²) in [6.07, 6.45) is 3.10. The minimum atomic E-state index is -0.367. The summed E-state index contributed by atoms with van der Waals surface area (Å²) in [5.41, 5.74) is 1.34. The van der Waals surface area contributed by atoms with Gasteiger partial charge in [0.1, 0.15) is 5.82 Å². The van der Waals surface area contributed by atoms with Gasteiger partial charge in [-0.05, 0) is 56.5 Å². The molecule has 156 valence electrons. The summed E-state index contributed by atoms with van der Waals surface area (Å²) in [6.45, 7) is 5.07. The van der Waals surface area contributed by atoms with Crippen molar-refractivity contribution >= 4 is 30.8 Å². The van der Waals surface area contributed by atoms with Crippen molar-refractivity contribution in [2.45, 2.75) is 39.3 Å². The molecule has 0 bridgehead atoms. The molecule has 0 spiro atoms. The van der Waals surface area contributed by atoms with Gasteiger partial charge in [-0.1, -0.05) is 12.1 Å². The average Bonchev–Trinajstić information content (AvgIpc) is 2.96. The highest BCUT2D eigenvalue weighted by molar-refractivity contribution is 5.89. The van der Waals surface area contributed by atoms with Crippen LogP contribution in [-0.2, 0) is 24.2 Å². The summed E-state index contributed by atoms with van der Waals surface area (Å²) in [5.74, 6) is 1.08. The Bertz CT molecular complexity index is 812. The van der Waals surface area contributed by atoms with Gasteiger partial charge in [0.2, 0.25) is 0 Å². The van der Waals surface area contributed by atoms with Crippen LogP contribution < -0.4 is 11.0 Å². The molecular weight excluding hydrogens is 403 g/mol. The predicted molar refractivity (Wildman–Crippen MR) is 113 cm³/mol. The first-order valence-corrected chi connectivity index (χ1v) is 9.16. The lowest BCUT2D eigenvalue weighted by Gasteiger charge is -2.21. The van der Waals surface area contributed by atoms with Gasteiger partial charge in [-0.2, -0.15) is 5.10 Å². The van der Waals surface area contributed by atoms with Gasteiger partial charge in [-0.15, -0.1) is 24.8 Å². The van der Waals surface area contributed by atoms with Crippen molar-refractivity contribution in [2.24, 2.45) is 5.92 Å². The Kier molecular flexibility index (Phi) is 9.72. The molecule has 1 N–H and O–H groups in total. The van der Waals surface area contributed by atoms with Crippen LogP contribution in [0.5, 0.6) is 0 Å². The Morgan fingerprint density at radius 1 is 1.21 bits per heavy atom. The number of ether oxygens (including phenoxy) is 1. The second-order valence-electron chi connectivity index (χ2n) is 6.69. The van der Waals surface area contributed by atoms with Crippen molar-refractivity contribution in [3.63, 3.8) is 0 Å². The Morgan fingerprint density at radius 2 is 1.86 bits per heavy atom. The number of benzene rings is 1. The molecule has 28 heavy (non-hydrogen) atoms. The van der Waals surface area contributed by atoms with Crippen LogP contribution in [0.15, 0.2) is 29.1 Å². The van der Waals surface area contributed by atoms with Crippen molar-refractivity contribution in [1.82, 2.24) is 19.7 Å². The maximum absolute atomic E-state index is 12.7. The molecule has 0 amide bonds. The normalized spacial score (nSPS) is 14.1. The third-order valence-corrected chi connectivity index (χ3v) is 4.95. The number of carbonyl (C=O) groups is 1. The van der Waals surface area contributed by atoms with E-state index in [2.05, 4.69) is 10.4 Å². The molecule has 0 radical (unpaired) electrons. The molecule has 0 saturated carbocycles. The van der Waals surface area contributed by atoms with Crippen molar-refractivity contribution < 1.29 is 9.53 Å². The van der Waals surface area contributed by atoms with Crippen molar-refractivity contribution in [1.29, 1.82) is 0 Å². The molecule has 1 aromatic carbocycles. The summed E-state index contributed by atoms with van der Waals surface area (Å²) in [4.78, 5) is 24.2. The maximum atomic E-state index is 12.7. The second-order valence-corrected chi connectivity index (χ2v) is 6.69. The predicted octanol–water partition coefficient (Wildman–Crippen LogP) is 2.29. The molecule has 9 heteroatoms. The quantitative estimate of drug-likeness (QED) is 0.711.